The van der Waals surface area contributed by atoms with Crippen LogP contribution < -0.4 is 5.56 Å². The van der Waals surface area contributed by atoms with Crippen LogP contribution in [0.1, 0.15) is 45.1 Å². The van der Waals surface area contributed by atoms with E-state index in [-0.39, 0.29) is 22.8 Å². The number of benzene rings is 2. The summed E-state index contributed by atoms with van der Waals surface area (Å²) < 4.78 is 1.55. The molecule has 0 amide bonds. The molecule has 0 saturated heterocycles. The number of Topliss-reactive ketones (excluding diaryl/α,β-unsaturated/α-hetero) is 1. The first-order valence-electron chi connectivity index (χ1n) is 8.92. The van der Waals surface area contributed by atoms with Crippen LogP contribution in [0.15, 0.2) is 65.5 Å². The molecular formula is C23H18N2O2. The van der Waals surface area contributed by atoms with Crippen molar-refractivity contribution in [3.8, 4) is 11.8 Å². The molecule has 0 spiro atoms. The molecule has 0 saturated carbocycles. The van der Waals surface area contributed by atoms with Gasteiger partial charge in [0.2, 0.25) is 0 Å². The number of hydrogen-bond donors (Lipinski definition) is 0. The molecule has 4 rings (SSSR count). The molecule has 1 atom stereocenters. The van der Waals surface area contributed by atoms with E-state index in [1.54, 1.807) is 4.57 Å². The Kier molecular flexibility index (Phi) is 4.21. The highest BCUT2D eigenvalue weighted by molar-refractivity contribution is 5.99. The molecule has 1 aromatic heterocycles. The summed E-state index contributed by atoms with van der Waals surface area (Å²) in [7, 11) is 0. The molecule has 0 radical (unpaired) electrons. The van der Waals surface area contributed by atoms with Crippen LogP contribution in [0.5, 0.6) is 0 Å². The van der Waals surface area contributed by atoms with Crippen LogP contribution in [0.3, 0.4) is 0 Å². The first kappa shape index (κ1) is 17.0. The normalized spacial score (nSPS) is 15.9. The van der Waals surface area contributed by atoms with Crippen LogP contribution in [0.2, 0.25) is 0 Å². The van der Waals surface area contributed by atoms with Gasteiger partial charge in [-0.3, -0.25) is 14.2 Å². The highest BCUT2D eigenvalue weighted by Gasteiger charge is 2.30. The summed E-state index contributed by atoms with van der Waals surface area (Å²) in [6.07, 6.45) is 0.966. The van der Waals surface area contributed by atoms with E-state index in [0.29, 0.717) is 29.8 Å². The van der Waals surface area contributed by atoms with Crippen molar-refractivity contribution in [2.75, 3.05) is 0 Å². The van der Waals surface area contributed by atoms with E-state index < -0.39 is 0 Å². The Balaban J connectivity index is 1.95. The molecule has 1 aliphatic rings. The molecular weight excluding hydrogens is 336 g/mol. The summed E-state index contributed by atoms with van der Waals surface area (Å²) in [6, 6.07) is 20.9. The third-order valence-electron chi connectivity index (χ3n) is 5.13. The molecule has 4 nitrogen and oxygen atoms in total. The van der Waals surface area contributed by atoms with Gasteiger partial charge in [-0.25, -0.2) is 0 Å². The van der Waals surface area contributed by atoms with Gasteiger partial charge >= 0.3 is 0 Å². The zero-order valence-electron chi connectivity index (χ0n) is 15.0. The summed E-state index contributed by atoms with van der Waals surface area (Å²) in [5, 5.41) is 9.39. The van der Waals surface area contributed by atoms with E-state index >= 15 is 0 Å². The lowest BCUT2D eigenvalue weighted by Crippen LogP contribution is -2.31. The molecule has 4 heteroatoms. The number of fused-ring (bicyclic) bond motifs is 1. The Labute approximate surface area is 157 Å². The number of nitriles is 1. The number of aromatic nitrogens is 1. The number of carbonyl (C=O) groups excluding carboxylic acids is 1. The highest BCUT2D eigenvalue weighted by Crippen LogP contribution is 2.33. The van der Waals surface area contributed by atoms with Crippen LogP contribution in [0.4, 0.5) is 0 Å². The molecule has 2 aromatic carbocycles. The standard InChI is InChI=1S/C23H18N2O2/c1-15-6-5-9-19(10-15)25-21-12-17(16-7-3-2-4-8-16)13-22(26)20(21)11-18(14-24)23(25)27/h2-11,17H,12-13H2,1H3. The lowest BCUT2D eigenvalue weighted by Gasteiger charge is -2.27. The monoisotopic (exact) mass is 354 g/mol. The van der Waals surface area contributed by atoms with Gasteiger partial charge < -0.3 is 0 Å². The van der Waals surface area contributed by atoms with Gasteiger partial charge in [-0.15, -0.1) is 0 Å². The van der Waals surface area contributed by atoms with Crippen molar-refractivity contribution in [1.29, 1.82) is 5.26 Å². The lowest BCUT2D eigenvalue weighted by molar-refractivity contribution is 0.0962. The van der Waals surface area contributed by atoms with Crippen molar-refractivity contribution < 1.29 is 4.79 Å². The maximum absolute atomic E-state index is 13.0. The third kappa shape index (κ3) is 2.98. The van der Waals surface area contributed by atoms with Crippen LogP contribution in [-0.2, 0) is 6.42 Å². The summed E-state index contributed by atoms with van der Waals surface area (Å²) in [4.78, 5) is 25.8. The van der Waals surface area contributed by atoms with Gasteiger partial charge in [-0.1, -0.05) is 42.5 Å². The Morgan fingerprint density at radius 2 is 1.78 bits per heavy atom. The first-order chi connectivity index (χ1) is 13.1. The Morgan fingerprint density at radius 3 is 2.48 bits per heavy atom. The highest BCUT2D eigenvalue weighted by atomic mass is 16.1. The largest absolute Gasteiger partial charge is 0.294 e. The van der Waals surface area contributed by atoms with Gasteiger partial charge in [0.1, 0.15) is 11.6 Å². The second-order valence-corrected chi connectivity index (χ2v) is 6.95. The van der Waals surface area contributed by atoms with E-state index in [1.165, 1.54) is 6.07 Å². The molecule has 0 bridgehead atoms. The number of pyridine rings is 1. The third-order valence-corrected chi connectivity index (χ3v) is 5.13. The smallest absolute Gasteiger partial charge is 0.273 e. The van der Waals surface area contributed by atoms with Crippen molar-refractivity contribution in [1.82, 2.24) is 4.57 Å². The van der Waals surface area contributed by atoms with Gasteiger partial charge in [-0.2, -0.15) is 5.26 Å². The number of hydrogen-bond acceptors (Lipinski definition) is 3. The number of nitrogens with zero attached hydrogens (tertiary/aromatic N) is 2. The minimum Gasteiger partial charge on any atom is -0.294 e. The fourth-order valence-corrected chi connectivity index (χ4v) is 3.82. The molecule has 3 aromatic rings. The Morgan fingerprint density at radius 1 is 1.00 bits per heavy atom. The van der Waals surface area contributed by atoms with Gasteiger partial charge in [-0.05, 0) is 48.6 Å². The van der Waals surface area contributed by atoms with Crippen LogP contribution >= 0.6 is 0 Å². The molecule has 27 heavy (non-hydrogen) atoms. The van der Waals surface area contributed by atoms with E-state index in [1.807, 2.05) is 67.6 Å². The molecule has 132 valence electrons. The maximum Gasteiger partial charge on any atom is 0.273 e. The van der Waals surface area contributed by atoms with Gasteiger partial charge in [0.15, 0.2) is 5.78 Å². The van der Waals surface area contributed by atoms with Crippen molar-refractivity contribution in [3.05, 3.63) is 99.0 Å². The predicted octanol–water partition coefficient (Wildman–Crippen LogP) is 3.93. The first-order valence-corrected chi connectivity index (χ1v) is 8.92. The quantitative estimate of drug-likeness (QED) is 0.700. The SMILES string of the molecule is Cc1cccc(-n2c3c(cc(C#N)c2=O)C(=O)CC(c2ccccc2)C3)c1. The van der Waals surface area contributed by atoms with Gasteiger partial charge in [0, 0.05) is 23.4 Å². The zero-order chi connectivity index (χ0) is 19.0. The number of ketones is 1. The molecule has 0 aliphatic heterocycles. The second kappa shape index (κ2) is 6.69. The minimum atomic E-state index is -0.372. The van der Waals surface area contributed by atoms with Crippen LogP contribution in [-0.4, -0.2) is 10.4 Å². The van der Waals surface area contributed by atoms with Crippen molar-refractivity contribution in [2.45, 2.75) is 25.7 Å². The Bertz CT molecular complexity index is 1140. The van der Waals surface area contributed by atoms with Crippen molar-refractivity contribution in [2.24, 2.45) is 0 Å². The van der Waals surface area contributed by atoms with Crippen molar-refractivity contribution in [3.63, 3.8) is 0 Å². The molecule has 1 unspecified atom stereocenters. The number of rotatable bonds is 2. The van der Waals surface area contributed by atoms with Crippen LogP contribution in [0, 0.1) is 18.3 Å². The van der Waals surface area contributed by atoms with E-state index in [0.717, 1.165) is 11.1 Å². The summed E-state index contributed by atoms with van der Waals surface area (Å²) in [5.74, 6) is -0.00222. The molecule has 0 N–H and O–H groups in total. The number of carbonyl (C=O) groups is 1. The lowest BCUT2D eigenvalue weighted by atomic mass is 9.81. The maximum atomic E-state index is 13.0. The molecule has 0 fully saturated rings. The summed E-state index contributed by atoms with van der Waals surface area (Å²) in [6.45, 7) is 1.95. The second-order valence-electron chi connectivity index (χ2n) is 6.95. The summed E-state index contributed by atoms with van der Waals surface area (Å²) in [5.41, 5.74) is 3.59. The van der Waals surface area contributed by atoms with Gasteiger partial charge in [0.25, 0.3) is 5.56 Å². The predicted molar refractivity (Wildman–Crippen MR) is 103 cm³/mol. The topological polar surface area (TPSA) is 62.9 Å². The van der Waals surface area contributed by atoms with E-state index in [2.05, 4.69) is 0 Å². The molecule has 1 heterocycles. The number of aryl methyl sites for hydroxylation is 1. The van der Waals surface area contributed by atoms with Crippen LogP contribution in [0.25, 0.3) is 5.69 Å². The minimum absolute atomic E-state index is 0.00164. The Hall–Kier alpha value is -3.45. The van der Waals surface area contributed by atoms with Crippen molar-refractivity contribution >= 4 is 5.78 Å². The fraction of sp³-hybridized carbons (Fsp3) is 0.174. The fourth-order valence-electron chi connectivity index (χ4n) is 3.82. The van der Waals surface area contributed by atoms with Gasteiger partial charge in [0.05, 0.1) is 0 Å². The zero-order valence-corrected chi connectivity index (χ0v) is 15.0. The molecule has 1 aliphatic carbocycles. The average molecular weight is 354 g/mol. The summed E-state index contributed by atoms with van der Waals surface area (Å²) >= 11 is 0. The average Bonchev–Trinajstić information content (AvgIpc) is 2.68. The van der Waals surface area contributed by atoms with E-state index in [4.69, 9.17) is 0 Å². The van der Waals surface area contributed by atoms with E-state index in [9.17, 15) is 14.9 Å².